The molecule has 0 radical (unpaired) electrons. The van der Waals surface area contributed by atoms with Crippen LogP contribution in [0.3, 0.4) is 0 Å². The van der Waals surface area contributed by atoms with Crippen molar-refractivity contribution in [1.29, 1.82) is 0 Å². The molecule has 1 aliphatic carbocycles. The number of rotatable bonds is 3. The summed E-state index contributed by atoms with van der Waals surface area (Å²) in [6.07, 6.45) is 7.49. The highest BCUT2D eigenvalue weighted by molar-refractivity contribution is 6.35. The van der Waals surface area contributed by atoms with Crippen molar-refractivity contribution in [2.24, 2.45) is 5.92 Å². The normalized spacial score (nSPS) is 29.6. The molecule has 21 heavy (non-hydrogen) atoms. The zero-order valence-electron chi connectivity index (χ0n) is 12.0. The molecular weight excluding hydrogens is 310 g/mol. The molecule has 0 amide bonds. The number of piperidine rings is 1. The average molecular weight is 331 g/mol. The monoisotopic (exact) mass is 330 g/mol. The van der Waals surface area contributed by atoms with Crippen molar-refractivity contribution in [3.63, 3.8) is 0 Å². The third-order valence-corrected chi connectivity index (χ3v) is 5.32. The Bertz CT molecular complexity index is 480. The van der Waals surface area contributed by atoms with E-state index in [2.05, 4.69) is 10.6 Å². The summed E-state index contributed by atoms with van der Waals surface area (Å²) in [5.74, 6) is 0.0914. The summed E-state index contributed by atoms with van der Waals surface area (Å²) < 4.78 is 13.5. The Morgan fingerprint density at radius 3 is 2.48 bits per heavy atom. The summed E-state index contributed by atoms with van der Waals surface area (Å²) in [6.45, 7) is 1.13. The van der Waals surface area contributed by atoms with Gasteiger partial charge in [-0.15, -0.1) is 0 Å². The van der Waals surface area contributed by atoms with Gasteiger partial charge in [0.2, 0.25) is 0 Å². The molecule has 2 N–H and O–H groups in total. The van der Waals surface area contributed by atoms with Gasteiger partial charge in [0, 0.05) is 17.8 Å². The lowest BCUT2D eigenvalue weighted by atomic mass is 9.88. The molecule has 1 saturated carbocycles. The molecule has 1 heterocycles. The molecule has 3 unspecified atom stereocenters. The number of anilines is 1. The van der Waals surface area contributed by atoms with Crippen LogP contribution < -0.4 is 10.6 Å². The minimum atomic E-state index is -0.541. The zero-order chi connectivity index (χ0) is 14.8. The van der Waals surface area contributed by atoms with E-state index in [1.165, 1.54) is 32.1 Å². The SMILES string of the molecule is Fc1c(Cl)cc(NC2CCCC2C2CCCCN2)cc1Cl. The van der Waals surface area contributed by atoms with Crippen LogP contribution in [-0.2, 0) is 0 Å². The lowest BCUT2D eigenvalue weighted by Gasteiger charge is -2.33. The van der Waals surface area contributed by atoms with Gasteiger partial charge in [-0.2, -0.15) is 0 Å². The Morgan fingerprint density at radius 1 is 1.05 bits per heavy atom. The molecule has 3 atom stereocenters. The predicted molar refractivity (Wildman–Crippen MR) is 86.8 cm³/mol. The van der Waals surface area contributed by atoms with Crippen LogP contribution in [0, 0.1) is 11.7 Å². The highest BCUT2D eigenvalue weighted by atomic mass is 35.5. The fraction of sp³-hybridized carbons (Fsp3) is 0.625. The van der Waals surface area contributed by atoms with Gasteiger partial charge >= 0.3 is 0 Å². The van der Waals surface area contributed by atoms with E-state index in [4.69, 9.17) is 23.2 Å². The van der Waals surface area contributed by atoms with Gasteiger partial charge in [-0.3, -0.25) is 0 Å². The molecule has 116 valence electrons. The Labute approximate surface area is 135 Å². The molecule has 1 aromatic carbocycles. The summed E-state index contributed by atoms with van der Waals surface area (Å²) >= 11 is 11.8. The van der Waals surface area contributed by atoms with Gasteiger partial charge in [0.15, 0.2) is 5.82 Å². The topological polar surface area (TPSA) is 24.1 Å². The average Bonchev–Trinajstić information content (AvgIpc) is 2.94. The number of benzene rings is 1. The van der Waals surface area contributed by atoms with E-state index >= 15 is 0 Å². The van der Waals surface area contributed by atoms with Crippen LogP contribution in [0.2, 0.25) is 10.0 Å². The van der Waals surface area contributed by atoms with Gasteiger partial charge < -0.3 is 10.6 Å². The van der Waals surface area contributed by atoms with Gasteiger partial charge in [0.05, 0.1) is 10.0 Å². The fourth-order valence-corrected chi connectivity index (χ4v) is 4.23. The highest BCUT2D eigenvalue weighted by Gasteiger charge is 2.34. The number of halogens is 3. The molecule has 1 aromatic rings. The largest absolute Gasteiger partial charge is 0.382 e. The Hall–Kier alpha value is -0.510. The van der Waals surface area contributed by atoms with Gasteiger partial charge in [0.25, 0.3) is 0 Å². The molecule has 2 aliphatic rings. The van der Waals surface area contributed by atoms with Crippen LogP contribution in [0.15, 0.2) is 12.1 Å². The van der Waals surface area contributed by atoms with Crippen LogP contribution in [0.25, 0.3) is 0 Å². The molecular formula is C16H21Cl2FN2. The van der Waals surface area contributed by atoms with E-state index in [0.717, 1.165) is 18.7 Å². The standard InChI is InChI=1S/C16H21Cl2FN2/c17-12-8-10(9-13(18)16(12)19)21-15-6-3-4-11(15)14-5-1-2-7-20-14/h8-9,11,14-15,20-21H,1-7H2. The lowest BCUT2D eigenvalue weighted by Crippen LogP contribution is -2.44. The first-order valence-corrected chi connectivity index (χ1v) is 8.55. The molecule has 1 aliphatic heterocycles. The molecule has 1 saturated heterocycles. The van der Waals surface area contributed by atoms with Crippen molar-refractivity contribution >= 4 is 28.9 Å². The quantitative estimate of drug-likeness (QED) is 0.773. The first-order chi connectivity index (χ1) is 10.1. The third-order valence-electron chi connectivity index (χ3n) is 4.77. The van der Waals surface area contributed by atoms with E-state index in [0.29, 0.717) is 18.0 Å². The first kappa shape index (κ1) is 15.4. The fourth-order valence-electron chi connectivity index (χ4n) is 3.75. The molecule has 2 fully saturated rings. The van der Waals surface area contributed by atoms with Crippen LogP contribution in [0.1, 0.15) is 38.5 Å². The Morgan fingerprint density at radius 2 is 1.81 bits per heavy atom. The Kier molecular flexibility index (Phi) is 4.92. The summed E-state index contributed by atoms with van der Waals surface area (Å²) in [6, 6.07) is 4.28. The van der Waals surface area contributed by atoms with E-state index in [1.54, 1.807) is 12.1 Å². The summed E-state index contributed by atoms with van der Waals surface area (Å²) in [7, 11) is 0. The molecule has 2 nitrogen and oxygen atoms in total. The van der Waals surface area contributed by atoms with Gasteiger partial charge in [0.1, 0.15) is 0 Å². The minimum Gasteiger partial charge on any atom is -0.382 e. The molecule has 0 bridgehead atoms. The smallest absolute Gasteiger partial charge is 0.160 e. The van der Waals surface area contributed by atoms with Crippen molar-refractivity contribution in [3.8, 4) is 0 Å². The first-order valence-electron chi connectivity index (χ1n) is 7.79. The molecule has 3 rings (SSSR count). The predicted octanol–water partition coefficient (Wildman–Crippen LogP) is 4.86. The van der Waals surface area contributed by atoms with Crippen LogP contribution in [-0.4, -0.2) is 18.6 Å². The molecule has 0 spiro atoms. The van der Waals surface area contributed by atoms with Crippen LogP contribution in [0.5, 0.6) is 0 Å². The van der Waals surface area contributed by atoms with E-state index in [1.807, 2.05) is 0 Å². The van der Waals surface area contributed by atoms with Crippen LogP contribution >= 0.6 is 23.2 Å². The summed E-state index contributed by atoms with van der Waals surface area (Å²) in [5, 5.41) is 7.34. The second-order valence-corrected chi connectivity index (χ2v) is 6.97. The summed E-state index contributed by atoms with van der Waals surface area (Å²) in [4.78, 5) is 0. The molecule has 0 aromatic heterocycles. The maximum absolute atomic E-state index is 13.5. The van der Waals surface area contributed by atoms with Crippen molar-refractivity contribution in [1.82, 2.24) is 5.32 Å². The third kappa shape index (κ3) is 3.46. The van der Waals surface area contributed by atoms with E-state index < -0.39 is 5.82 Å². The second kappa shape index (κ2) is 6.72. The summed E-state index contributed by atoms with van der Waals surface area (Å²) in [5.41, 5.74) is 0.819. The van der Waals surface area contributed by atoms with Crippen molar-refractivity contribution in [3.05, 3.63) is 28.0 Å². The van der Waals surface area contributed by atoms with E-state index in [-0.39, 0.29) is 10.0 Å². The van der Waals surface area contributed by atoms with Gasteiger partial charge in [-0.25, -0.2) is 4.39 Å². The van der Waals surface area contributed by atoms with E-state index in [9.17, 15) is 4.39 Å². The Balaban J connectivity index is 1.71. The van der Waals surface area contributed by atoms with Gasteiger partial charge in [-0.05, 0) is 50.3 Å². The minimum absolute atomic E-state index is 0.0790. The lowest BCUT2D eigenvalue weighted by molar-refractivity contribution is 0.286. The maximum Gasteiger partial charge on any atom is 0.160 e. The zero-order valence-corrected chi connectivity index (χ0v) is 13.5. The van der Waals surface area contributed by atoms with Gasteiger partial charge in [-0.1, -0.05) is 36.0 Å². The maximum atomic E-state index is 13.5. The van der Waals surface area contributed by atoms with Crippen LogP contribution in [0.4, 0.5) is 10.1 Å². The van der Waals surface area contributed by atoms with Crippen molar-refractivity contribution in [2.45, 2.75) is 50.6 Å². The number of hydrogen-bond donors (Lipinski definition) is 2. The van der Waals surface area contributed by atoms with Crippen molar-refractivity contribution in [2.75, 3.05) is 11.9 Å². The number of hydrogen-bond acceptors (Lipinski definition) is 2. The highest BCUT2D eigenvalue weighted by Crippen LogP contribution is 2.35. The molecule has 5 heteroatoms. The second-order valence-electron chi connectivity index (χ2n) is 6.16. The number of nitrogens with one attached hydrogen (secondary N) is 2. The van der Waals surface area contributed by atoms with Crippen molar-refractivity contribution < 1.29 is 4.39 Å².